The molecule has 108 valence electrons. The van der Waals surface area contributed by atoms with Crippen molar-refractivity contribution in [3.8, 4) is 0 Å². The highest BCUT2D eigenvalue weighted by molar-refractivity contribution is 7.09. The number of ketones is 1. The molecule has 0 aliphatic rings. The van der Waals surface area contributed by atoms with Crippen molar-refractivity contribution in [2.45, 2.75) is 6.92 Å². The second-order valence-corrected chi connectivity index (χ2v) is 4.93. The smallest absolute Gasteiger partial charge is 0.297 e. The molecule has 1 aromatic heterocycles. The molecule has 2 aromatic rings. The molecule has 0 radical (unpaired) electrons. The highest BCUT2D eigenvalue weighted by atomic mass is 32.1. The Balaban J connectivity index is 2.16. The van der Waals surface area contributed by atoms with E-state index in [-0.39, 0.29) is 10.6 Å². The van der Waals surface area contributed by atoms with E-state index in [4.69, 9.17) is 0 Å². The molecule has 1 heterocycles. The van der Waals surface area contributed by atoms with Crippen molar-refractivity contribution in [1.82, 2.24) is 14.9 Å². The molecule has 2 rings (SSSR count). The molecule has 2 N–H and O–H groups in total. The number of Topliss-reactive ketones (excluding diaryl/α,β-unsaturated/α-hetero) is 1. The van der Waals surface area contributed by atoms with Crippen molar-refractivity contribution in [2.24, 2.45) is 0 Å². The quantitative estimate of drug-likeness (QED) is 0.649. The van der Waals surface area contributed by atoms with E-state index >= 15 is 0 Å². The van der Waals surface area contributed by atoms with Crippen LogP contribution >= 0.6 is 11.5 Å². The monoisotopic (exact) mass is 304 g/mol. The van der Waals surface area contributed by atoms with Crippen molar-refractivity contribution in [1.29, 1.82) is 0 Å². The number of hydrogen-bond donors (Lipinski definition) is 2. The Morgan fingerprint density at radius 3 is 2.43 bits per heavy atom. The third-order valence-electron chi connectivity index (χ3n) is 2.65. The highest BCUT2D eigenvalue weighted by Gasteiger charge is 2.26. The van der Waals surface area contributed by atoms with Crippen LogP contribution in [0.4, 0.5) is 5.69 Å². The van der Waals surface area contributed by atoms with Gasteiger partial charge >= 0.3 is 0 Å². The molecule has 0 aliphatic heterocycles. The van der Waals surface area contributed by atoms with Gasteiger partial charge in [-0.1, -0.05) is 22.2 Å². The lowest BCUT2D eigenvalue weighted by Gasteiger charge is -2.04. The summed E-state index contributed by atoms with van der Waals surface area (Å²) in [4.78, 5) is 35.4. The number of rotatable bonds is 4. The first-order chi connectivity index (χ1) is 10.0. The Labute approximate surface area is 124 Å². The lowest BCUT2D eigenvalue weighted by molar-refractivity contribution is -0.112. The predicted molar refractivity (Wildman–Crippen MR) is 77.4 cm³/mol. The largest absolute Gasteiger partial charge is 0.354 e. The molecule has 0 aliphatic carbocycles. The van der Waals surface area contributed by atoms with E-state index in [0.29, 0.717) is 17.2 Å². The van der Waals surface area contributed by atoms with Crippen molar-refractivity contribution in [3.63, 3.8) is 0 Å². The zero-order valence-corrected chi connectivity index (χ0v) is 12.2. The zero-order valence-electron chi connectivity index (χ0n) is 11.3. The summed E-state index contributed by atoms with van der Waals surface area (Å²) in [5, 5.41) is 8.38. The van der Waals surface area contributed by atoms with Crippen LogP contribution in [0.3, 0.4) is 0 Å². The fraction of sp³-hybridized carbons (Fsp3) is 0.154. The van der Waals surface area contributed by atoms with E-state index in [1.807, 2.05) is 19.1 Å². The SMILES string of the molecule is CNC(=O)c1nnsc1C(=O)C(=O)Nc1ccc(C)cc1. The van der Waals surface area contributed by atoms with Gasteiger partial charge in [-0.3, -0.25) is 14.4 Å². The van der Waals surface area contributed by atoms with E-state index < -0.39 is 17.6 Å². The third-order valence-corrected chi connectivity index (χ3v) is 3.38. The average molecular weight is 304 g/mol. The second-order valence-electron chi connectivity index (χ2n) is 4.18. The van der Waals surface area contributed by atoms with Gasteiger partial charge < -0.3 is 10.6 Å². The van der Waals surface area contributed by atoms with Gasteiger partial charge in [-0.25, -0.2) is 0 Å². The number of carbonyl (C=O) groups excluding carboxylic acids is 3. The average Bonchev–Trinajstić information content (AvgIpc) is 2.97. The number of aromatic nitrogens is 2. The van der Waals surface area contributed by atoms with Crippen LogP contribution < -0.4 is 10.6 Å². The first kappa shape index (κ1) is 14.8. The number of aryl methyl sites for hydroxylation is 1. The minimum atomic E-state index is -0.843. The predicted octanol–water partition coefficient (Wildman–Crippen LogP) is 1.03. The zero-order chi connectivity index (χ0) is 15.4. The fourth-order valence-corrected chi connectivity index (χ4v) is 2.13. The molecule has 0 fully saturated rings. The van der Waals surface area contributed by atoms with Gasteiger partial charge in [0.2, 0.25) is 0 Å². The Hall–Kier alpha value is -2.61. The molecule has 1 aromatic carbocycles. The molecule has 8 heteroatoms. The van der Waals surface area contributed by atoms with Crippen molar-refractivity contribution >= 4 is 34.8 Å². The maximum absolute atomic E-state index is 12.1. The van der Waals surface area contributed by atoms with Gasteiger partial charge in [0.25, 0.3) is 17.6 Å². The van der Waals surface area contributed by atoms with Crippen LogP contribution in [0.5, 0.6) is 0 Å². The van der Waals surface area contributed by atoms with Crippen LogP contribution in [0.2, 0.25) is 0 Å². The lowest BCUT2D eigenvalue weighted by atomic mass is 10.2. The van der Waals surface area contributed by atoms with E-state index in [1.54, 1.807) is 12.1 Å². The number of nitrogens with zero attached hydrogens (tertiary/aromatic N) is 2. The number of anilines is 1. The molecular weight excluding hydrogens is 292 g/mol. The van der Waals surface area contributed by atoms with Crippen LogP contribution in [0.15, 0.2) is 24.3 Å². The molecule has 0 bridgehead atoms. The molecule has 0 saturated carbocycles. The normalized spacial score (nSPS) is 10.0. The summed E-state index contributed by atoms with van der Waals surface area (Å²) in [6.07, 6.45) is 0. The van der Waals surface area contributed by atoms with Gasteiger partial charge in [-0.15, -0.1) is 5.10 Å². The molecule has 0 unspecified atom stereocenters. The Morgan fingerprint density at radius 1 is 1.14 bits per heavy atom. The summed E-state index contributed by atoms with van der Waals surface area (Å²) in [5.74, 6) is -2.24. The summed E-state index contributed by atoms with van der Waals surface area (Å²) in [6.45, 7) is 1.91. The van der Waals surface area contributed by atoms with Crippen LogP contribution in [-0.2, 0) is 4.79 Å². The van der Waals surface area contributed by atoms with E-state index in [9.17, 15) is 14.4 Å². The summed E-state index contributed by atoms with van der Waals surface area (Å²) in [5.41, 5.74) is 1.39. The fourth-order valence-electron chi connectivity index (χ4n) is 1.53. The lowest BCUT2D eigenvalue weighted by Crippen LogP contribution is -2.26. The number of amides is 2. The molecule has 0 spiro atoms. The van der Waals surface area contributed by atoms with Crippen LogP contribution in [0, 0.1) is 6.92 Å². The summed E-state index contributed by atoms with van der Waals surface area (Å²) >= 11 is 0.710. The number of hydrogen-bond acceptors (Lipinski definition) is 6. The number of carbonyl (C=O) groups is 3. The maximum Gasteiger partial charge on any atom is 0.297 e. The maximum atomic E-state index is 12.1. The first-order valence-electron chi connectivity index (χ1n) is 5.99. The molecule has 0 saturated heterocycles. The topological polar surface area (TPSA) is 101 Å². The van der Waals surface area contributed by atoms with Gasteiger partial charge in [-0.05, 0) is 30.6 Å². The van der Waals surface area contributed by atoms with Gasteiger partial charge in [-0.2, -0.15) is 0 Å². The van der Waals surface area contributed by atoms with Crippen molar-refractivity contribution in [2.75, 3.05) is 12.4 Å². The van der Waals surface area contributed by atoms with Gasteiger partial charge in [0.15, 0.2) is 5.69 Å². The summed E-state index contributed by atoms with van der Waals surface area (Å²) < 4.78 is 3.54. The molecule has 7 nitrogen and oxygen atoms in total. The standard InChI is InChI=1S/C13H12N4O3S/c1-7-3-5-8(6-4-7)15-13(20)10(18)11-9(12(19)14-2)16-17-21-11/h3-6H,1-2H3,(H,14,19)(H,15,20). The first-order valence-corrected chi connectivity index (χ1v) is 6.77. The highest BCUT2D eigenvalue weighted by Crippen LogP contribution is 2.14. The molecular formula is C13H12N4O3S. The van der Waals surface area contributed by atoms with Crippen molar-refractivity contribution in [3.05, 3.63) is 40.4 Å². The molecule has 0 atom stereocenters. The second kappa shape index (κ2) is 6.23. The van der Waals surface area contributed by atoms with Gasteiger partial charge in [0.05, 0.1) is 0 Å². The van der Waals surface area contributed by atoms with E-state index in [0.717, 1.165) is 5.56 Å². The van der Waals surface area contributed by atoms with Crippen LogP contribution in [0.1, 0.15) is 25.7 Å². The number of nitrogens with one attached hydrogen (secondary N) is 2. The summed E-state index contributed by atoms with van der Waals surface area (Å²) in [6, 6.07) is 6.99. The minimum absolute atomic E-state index is 0.0843. The minimum Gasteiger partial charge on any atom is -0.354 e. The molecule has 21 heavy (non-hydrogen) atoms. The summed E-state index contributed by atoms with van der Waals surface area (Å²) in [7, 11) is 1.41. The Kier molecular flexibility index (Phi) is 4.39. The van der Waals surface area contributed by atoms with Crippen molar-refractivity contribution < 1.29 is 14.4 Å². The van der Waals surface area contributed by atoms with Crippen LogP contribution in [0.25, 0.3) is 0 Å². The van der Waals surface area contributed by atoms with Gasteiger partial charge in [0.1, 0.15) is 4.88 Å². The Bertz CT molecular complexity index is 694. The third kappa shape index (κ3) is 3.29. The Morgan fingerprint density at radius 2 is 1.81 bits per heavy atom. The number of benzene rings is 1. The van der Waals surface area contributed by atoms with Crippen LogP contribution in [-0.4, -0.2) is 34.2 Å². The van der Waals surface area contributed by atoms with Gasteiger partial charge in [0, 0.05) is 12.7 Å². The van der Waals surface area contributed by atoms with E-state index in [2.05, 4.69) is 20.2 Å². The van der Waals surface area contributed by atoms with E-state index in [1.165, 1.54) is 7.05 Å². The molecule has 2 amide bonds.